The first kappa shape index (κ1) is 33.7. The minimum Gasteiger partial charge on any atom is -0.356 e. The van der Waals surface area contributed by atoms with Crippen LogP contribution in [0, 0.1) is 20.2 Å². The molecule has 0 saturated carbocycles. The second kappa shape index (κ2) is 14.0. The Morgan fingerprint density at radius 1 is 0.446 bits per heavy atom. The van der Waals surface area contributed by atoms with Crippen molar-refractivity contribution < 1.29 is 9.85 Å². The van der Waals surface area contributed by atoms with Crippen LogP contribution in [0.25, 0.3) is 68.6 Å². The molecule has 12 nitrogen and oxygen atoms in total. The highest BCUT2D eigenvalue weighted by molar-refractivity contribution is 5.93. The Morgan fingerprint density at radius 2 is 0.804 bits per heavy atom. The van der Waals surface area contributed by atoms with E-state index in [4.69, 9.17) is 9.97 Å². The summed E-state index contributed by atoms with van der Waals surface area (Å²) in [6, 6.07) is 40.8. The number of hydrogen-bond donors (Lipinski definition) is 4. The summed E-state index contributed by atoms with van der Waals surface area (Å²) in [6.07, 6.45) is 8.04. The van der Waals surface area contributed by atoms with E-state index < -0.39 is 9.85 Å². The predicted octanol–water partition coefficient (Wildman–Crippen LogP) is 11.3. The summed E-state index contributed by atoms with van der Waals surface area (Å²) in [5, 5.41) is 28.8. The van der Waals surface area contributed by atoms with E-state index in [1.165, 1.54) is 24.3 Å². The van der Waals surface area contributed by atoms with E-state index in [0.29, 0.717) is 0 Å². The second-order valence-electron chi connectivity index (χ2n) is 13.2. The highest BCUT2D eigenvalue weighted by Crippen LogP contribution is 2.34. The molecule has 270 valence electrons. The van der Waals surface area contributed by atoms with Crippen LogP contribution in [0.4, 0.5) is 34.1 Å². The molecule has 0 spiro atoms. The lowest BCUT2D eigenvalue weighted by atomic mass is 10.0. The van der Waals surface area contributed by atoms with E-state index in [-0.39, 0.29) is 11.4 Å². The second-order valence-corrected chi connectivity index (χ2v) is 13.2. The number of nitrogens with one attached hydrogen (secondary N) is 4. The van der Waals surface area contributed by atoms with E-state index in [0.717, 1.165) is 89.8 Å². The van der Waals surface area contributed by atoms with Gasteiger partial charge in [-0.15, -0.1) is 0 Å². The van der Waals surface area contributed by atoms with E-state index in [1.807, 2.05) is 109 Å². The third-order valence-corrected chi connectivity index (χ3v) is 9.48. The molecule has 8 bridgehead atoms. The normalized spacial score (nSPS) is 11.7. The molecular formula is C44H30N8O4. The quantitative estimate of drug-likeness (QED) is 0.0883. The van der Waals surface area contributed by atoms with Crippen molar-refractivity contribution in [3.63, 3.8) is 0 Å². The van der Waals surface area contributed by atoms with Crippen molar-refractivity contribution >= 4 is 80.5 Å². The molecule has 0 saturated heterocycles. The van der Waals surface area contributed by atoms with Crippen LogP contribution in [0.5, 0.6) is 0 Å². The molecule has 9 rings (SSSR count). The number of H-pyrrole nitrogens is 2. The SMILES string of the molecule is O=[N+]([O-])c1ccc(Nc2ccc(-c3c4nc(cc5ccc([nH]5)c(-c5ccc(Nc6ccc([N+](=O)[O-])cc6)cc5)c5nc(cc6ccc3[nH]6)C=C5)C=C4)cc2)cc1. The first-order valence-electron chi connectivity index (χ1n) is 17.7. The lowest BCUT2D eigenvalue weighted by molar-refractivity contribution is -0.385. The standard InChI is InChI=1S/C44H30N8O4/c53-51(54)37-17-9-31(10-18-37)45-29-5-1-27(2-6-29)43-39-21-13-33(47-39)25-35-15-23-41(49-35)44(42-24-16-36(50-42)26-34-14-22-40(43)48-34)28-3-7-30(8-4-28)46-32-11-19-38(20-12-32)52(55)56/h1-26,45-47,50H. The Kier molecular flexibility index (Phi) is 8.44. The Hall–Kier alpha value is -8.12. The lowest BCUT2D eigenvalue weighted by Gasteiger charge is -2.09. The molecule has 7 aromatic rings. The number of aromatic nitrogens is 4. The predicted molar refractivity (Wildman–Crippen MR) is 222 cm³/mol. The van der Waals surface area contributed by atoms with Gasteiger partial charge in [0.05, 0.1) is 32.6 Å². The number of benzene rings is 4. The van der Waals surface area contributed by atoms with Gasteiger partial charge in [0.2, 0.25) is 0 Å². The fourth-order valence-electron chi connectivity index (χ4n) is 6.79. The third kappa shape index (κ3) is 6.88. The molecule has 5 heterocycles. The molecule has 4 N–H and O–H groups in total. The van der Waals surface area contributed by atoms with Crippen LogP contribution in [-0.4, -0.2) is 29.8 Å². The average Bonchev–Trinajstić information content (AvgIpc) is 4.04. The Morgan fingerprint density at radius 3 is 1.16 bits per heavy atom. The smallest absolute Gasteiger partial charge is 0.269 e. The van der Waals surface area contributed by atoms with Crippen molar-refractivity contribution in [2.75, 3.05) is 10.6 Å². The molecule has 12 heteroatoms. The van der Waals surface area contributed by atoms with Crippen molar-refractivity contribution in [1.82, 2.24) is 19.9 Å². The third-order valence-electron chi connectivity index (χ3n) is 9.48. The van der Waals surface area contributed by atoms with Gasteiger partial charge in [0.1, 0.15) is 0 Å². The molecule has 56 heavy (non-hydrogen) atoms. The van der Waals surface area contributed by atoms with Gasteiger partial charge in [-0.05, 0) is 120 Å². The van der Waals surface area contributed by atoms with Gasteiger partial charge in [0.15, 0.2) is 0 Å². The average molecular weight is 735 g/mol. The monoisotopic (exact) mass is 734 g/mol. The summed E-state index contributed by atoms with van der Waals surface area (Å²) in [5.74, 6) is 0. The van der Waals surface area contributed by atoms with Gasteiger partial charge in [-0.3, -0.25) is 20.2 Å². The first-order valence-corrected chi connectivity index (χ1v) is 17.7. The number of aromatic amines is 2. The van der Waals surface area contributed by atoms with Crippen molar-refractivity contribution in [3.8, 4) is 22.3 Å². The number of rotatable bonds is 8. The number of anilines is 4. The minimum atomic E-state index is -0.414. The van der Waals surface area contributed by atoms with Crippen LogP contribution >= 0.6 is 0 Å². The van der Waals surface area contributed by atoms with Crippen LogP contribution in [-0.2, 0) is 0 Å². The number of hydrogen-bond acceptors (Lipinski definition) is 8. The zero-order valence-corrected chi connectivity index (χ0v) is 29.4. The van der Waals surface area contributed by atoms with Crippen LogP contribution in [0.2, 0.25) is 0 Å². The fourth-order valence-corrected chi connectivity index (χ4v) is 6.79. The first-order chi connectivity index (χ1) is 27.3. The van der Waals surface area contributed by atoms with Crippen LogP contribution in [0.15, 0.2) is 133 Å². The molecule has 0 fully saturated rings. The molecule has 2 aliphatic heterocycles. The molecule has 4 aromatic carbocycles. The van der Waals surface area contributed by atoms with E-state index in [9.17, 15) is 20.2 Å². The molecule has 0 atom stereocenters. The van der Waals surface area contributed by atoms with Gasteiger partial charge >= 0.3 is 0 Å². The van der Waals surface area contributed by atoms with Gasteiger partial charge in [0.25, 0.3) is 11.4 Å². The summed E-state index contributed by atoms with van der Waals surface area (Å²) in [7, 11) is 0. The number of nitrogens with zero attached hydrogens (tertiary/aromatic N) is 4. The number of nitro benzene ring substituents is 2. The largest absolute Gasteiger partial charge is 0.356 e. The highest BCUT2D eigenvalue weighted by Gasteiger charge is 2.14. The molecule has 3 aromatic heterocycles. The molecule has 2 aliphatic rings. The number of fused-ring (bicyclic) bond motifs is 8. The summed E-state index contributed by atoms with van der Waals surface area (Å²) >= 11 is 0. The molecule has 0 amide bonds. The Labute approximate surface area is 318 Å². The van der Waals surface area contributed by atoms with Crippen molar-refractivity contribution in [1.29, 1.82) is 0 Å². The maximum Gasteiger partial charge on any atom is 0.269 e. The van der Waals surface area contributed by atoms with Crippen molar-refractivity contribution in [2.24, 2.45) is 0 Å². The van der Waals surface area contributed by atoms with E-state index >= 15 is 0 Å². The maximum absolute atomic E-state index is 11.1. The number of nitro groups is 2. The van der Waals surface area contributed by atoms with E-state index in [1.54, 1.807) is 24.3 Å². The van der Waals surface area contributed by atoms with Crippen molar-refractivity contribution in [3.05, 3.63) is 176 Å². The summed E-state index contributed by atoms with van der Waals surface area (Å²) < 4.78 is 0. The molecule has 0 unspecified atom stereocenters. The lowest BCUT2D eigenvalue weighted by Crippen LogP contribution is -1.92. The van der Waals surface area contributed by atoms with Crippen LogP contribution < -0.4 is 10.6 Å². The zero-order chi connectivity index (χ0) is 38.2. The Bertz CT molecular complexity index is 2690. The summed E-state index contributed by atoms with van der Waals surface area (Å²) in [6.45, 7) is 0. The molecule has 0 radical (unpaired) electrons. The fraction of sp³-hybridized carbons (Fsp3) is 0. The van der Waals surface area contributed by atoms with Crippen molar-refractivity contribution in [2.45, 2.75) is 0 Å². The van der Waals surface area contributed by atoms with Crippen LogP contribution in [0.1, 0.15) is 22.8 Å². The van der Waals surface area contributed by atoms with Gasteiger partial charge in [0, 0.05) is 80.2 Å². The summed E-state index contributed by atoms with van der Waals surface area (Å²) in [4.78, 5) is 38.6. The topological polar surface area (TPSA) is 168 Å². The highest BCUT2D eigenvalue weighted by atomic mass is 16.6. The Balaban J connectivity index is 1.10. The van der Waals surface area contributed by atoms with Gasteiger partial charge in [-0.25, -0.2) is 9.97 Å². The van der Waals surface area contributed by atoms with Gasteiger partial charge in [-0.1, -0.05) is 24.3 Å². The van der Waals surface area contributed by atoms with Gasteiger partial charge in [-0.2, -0.15) is 0 Å². The summed E-state index contributed by atoms with van der Waals surface area (Å²) in [5.41, 5.74) is 13.8. The molecule has 0 aliphatic carbocycles. The maximum atomic E-state index is 11.1. The number of non-ortho nitro benzene ring substituents is 2. The van der Waals surface area contributed by atoms with E-state index in [2.05, 4.69) is 20.6 Å². The molecular weight excluding hydrogens is 705 g/mol. The zero-order valence-electron chi connectivity index (χ0n) is 29.4. The van der Waals surface area contributed by atoms with Gasteiger partial charge < -0.3 is 20.6 Å². The minimum absolute atomic E-state index is 0.0397. The van der Waals surface area contributed by atoms with Crippen LogP contribution in [0.3, 0.4) is 0 Å².